The van der Waals surface area contributed by atoms with Crippen molar-refractivity contribution in [2.24, 2.45) is 11.5 Å². The van der Waals surface area contributed by atoms with E-state index in [4.69, 9.17) is 49.4 Å². The van der Waals surface area contributed by atoms with Gasteiger partial charge in [0.15, 0.2) is 0 Å². The van der Waals surface area contributed by atoms with Gasteiger partial charge in [0.1, 0.15) is 46.0 Å². The molecule has 2 atom stereocenters. The average Bonchev–Trinajstić information content (AvgIpc) is 3.30. The predicted molar refractivity (Wildman–Crippen MR) is 259 cm³/mol. The molecule has 0 saturated heterocycles. The van der Waals surface area contributed by atoms with E-state index in [1.807, 2.05) is 0 Å². The largest absolute Gasteiger partial charge is 0.457 e. The summed E-state index contributed by atoms with van der Waals surface area (Å²) < 4.78 is 54.5. The minimum Gasteiger partial charge on any atom is -0.457 e. The number of rotatable bonds is 18. The molecule has 4 aromatic carbocycles. The molecule has 4 N–H and O–H groups in total. The topological polar surface area (TPSA) is 126 Å². The van der Waals surface area contributed by atoms with E-state index in [0.29, 0.717) is 0 Å². The van der Waals surface area contributed by atoms with Crippen LogP contribution in [0.2, 0.25) is 0 Å². The van der Waals surface area contributed by atoms with E-state index in [9.17, 15) is 0 Å². The van der Waals surface area contributed by atoms with Gasteiger partial charge < -0.3 is 49.4 Å². The molecule has 8 bridgehead atoms. The van der Waals surface area contributed by atoms with Crippen LogP contribution in [-0.2, 0) is 13.1 Å². The third-order valence-electron chi connectivity index (χ3n) is 15.2. The molecular formula is C56H74N2O8. The lowest BCUT2D eigenvalue weighted by Crippen LogP contribution is -2.25. The molecule has 356 valence electrons. The summed E-state index contributed by atoms with van der Waals surface area (Å²) in [5, 5.41) is 0. The first-order valence-electron chi connectivity index (χ1n) is 25.5. The Hall–Kier alpha value is -4.80. The fourth-order valence-electron chi connectivity index (χ4n) is 12.0. The lowest BCUT2D eigenvalue weighted by atomic mass is 9.74. The highest BCUT2D eigenvalue weighted by atomic mass is 16.7. The first-order valence-corrected chi connectivity index (χ1v) is 25.5. The highest BCUT2D eigenvalue weighted by Gasteiger charge is 2.40. The Morgan fingerprint density at radius 1 is 0.348 bits per heavy atom. The third-order valence-corrected chi connectivity index (χ3v) is 15.2. The molecule has 10 heteroatoms. The maximum absolute atomic E-state index is 6.89. The molecule has 9 rings (SSSR count). The number of ether oxygens (including phenoxy) is 8. The molecule has 0 radical (unpaired) electrons. The molecule has 4 heterocycles. The van der Waals surface area contributed by atoms with Gasteiger partial charge in [0.25, 0.3) is 0 Å². The number of hydrogen-bond acceptors (Lipinski definition) is 10. The molecule has 10 nitrogen and oxygen atoms in total. The first-order chi connectivity index (χ1) is 32.4. The van der Waals surface area contributed by atoms with Crippen molar-refractivity contribution in [1.82, 2.24) is 0 Å². The summed E-state index contributed by atoms with van der Waals surface area (Å²) in [5.41, 5.74) is 26.7. The Kier molecular flexibility index (Phi) is 14.5. The summed E-state index contributed by atoms with van der Waals surface area (Å²) in [4.78, 5) is 0. The van der Waals surface area contributed by atoms with Gasteiger partial charge in [-0.05, 0) is 63.8 Å². The zero-order valence-electron chi connectivity index (χ0n) is 40.6. The van der Waals surface area contributed by atoms with Crippen molar-refractivity contribution in [3.05, 3.63) is 91.0 Å². The second kappa shape index (κ2) is 20.6. The zero-order valence-corrected chi connectivity index (χ0v) is 40.6. The Labute approximate surface area is 393 Å². The summed E-state index contributed by atoms with van der Waals surface area (Å²) in [6, 6.07) is 9.74. The van der Waals surface area contributed by atoms with Gasteiger partial charge in [-0.25, -0.2) is 0 Å². The Morgan fingerprint density at radius 3 is 0.773 bits per heavy atom. The quantitative estimate of drug-likeness (QED) is 0.0932. The second-order valence-corrected chi connectivity index (χ2v) is 19.3. The second-order valence-electron chi connectivity index (χ2n) is 19.3. The van der Waals surface area contributed by atoms with Crippen LogP contribution < -0.4 is 49.4 Å². The summed E-state index contributed by atoms with van der Waals surface area (Å²) in [6.07, 6.45) is 16.7. The number of benzene rings is 4. The molecule has 0 spiro atoms. The first kappa shape index (κ1) is 46.3. The predicted octanol–water partition coefficient (Wildman–Crippen LogP) is 13.3. The Bertz CT molecular complexity index is 2240. The van der Waals surface area contributed by atoms with Crippen LogP contribution in [0.3, 0.4) is 0 Å². The fraction of sp³-hybridized carbons (Fsp3) is 0.571. The number of nitrogens with two attached hydrogens (primary N) is 2. The van der Waals surface area contributed by atoms with Crippen molar-refractivity contribution < 1.29 is 37.9 Å². The fourth-order valence-corrected chi connectivity index (χ4v) is 12.0. The summed E-state index contributed by atoms with van der Waals surface area (Å²) in [5.74, 6) is 6.11. The van der Waals surface area contributed by atoms with Gasteiger partial charge in [-0.15, -0.1) is 0 Å². The molecule has 0 saturated carbocycles. The number of unbranched alkanes of at least 4 members (excludes halogenated alkanes) is 8. The molecule has 0 amide bonds. The third kappa shape index (κ3) is 8.33. The van der Waals surface area contributed by atoms with E-state index in [1.165, 1.54) is 22.3 Å². The van der Waals surface area contributed by atoms with Crippen LogP contribution in [0.4, 0.5) is 0 Å². The zero-order chi connectivity index (χ0) is 45.9. The van der Waals surface area contributed by atoms with Crippen LogP contribution in [0, 0.1) is 13.8 Å². The molecule has 2 unspecified atom stereocenters. The van der Waals surface area contributed by atoms with Crippen LogP contribution in [0.1, 0.15) is 221 Å². The monoisotopic (exact) mass is 903 g/mol. The van der Waals surface area contributed by atoms with Crippen molar-refractivity contribution in [2.45, 2.75) is 181 Å². The van der Waals surface area contributed by atoms with E-state index in [1.54, 1.807) is 0 Å². The number of hydrogen-bond donors (Lipinski definition) is 2. The van der Waals surface area contributed by atoms with Gasteiger partial charge in [-0.2, -0.15) is 0 Å². The molecular weight excluding hydrogens is 829 g/mol. The van der Waals surface area contributed by atoms with Gasteiger partial charge in [0.05, 0.1) is 11.1 Å². The van der Waals surface area contributed by atoms with Crippen molar-refractivity contribution in [3.8, 4) is 46.0 Å². The molecule has 5 aliphatic rings. The van der Waals surface area contributed by atoms with Gasteiger partial charge in [-0.1, -0.05) is 105 Å². The van der Waals surface area contributed by atoms with Crippen LogP contribution >= 0.6 is 0 Å². The SMILES string of the molecule is CCCCCC1c2cc3c4c(C)c2OCOc2c1cc1c(c2C)OCOc2c(cc5c(c2CN)OCOc2c(cc(c(c2CN)OCO4)C3CCCCC)C5CCCCC)C1CCCCC. The minimum absolute atomic E-state index is 0.0162. The maximum Gasteiger partial charge on any atom is 0.230 e. The van der Waals surface area contributed by atoms with Gasteiger partial charge in [-0.3, -0.25) is 0 Å². The molecule has 66 heavy (non-hydrogen) atoms. The molecule has 1 aliphatic carbocycles. The van der Waals surface area contributed by atoms with E-state index >= 15 is 0 Å². The van der Waals surface area contributed by atoms with E-state index in [0.717, 1.165) is 193 Å². The normalized spacial score (nSPS) is 19.5. The lowest BCUT2D eigenvalue weighted by molar-refractivity contribution is 0.0950. The highest BCUT2D eigenvalue weighted by Crippen LogP contribution is 2.58. The smallest absolute Gasteiger partial charge is 0.230 e. The summed E-state index contributed by atoms with van der Waals surface area (Å²) in [6.45, 7) is 13.9. The van der Waals surface area contributed by atoms with Crippen molar-refractivity contribution in [3.63, 3.8) is 0 Å². The molecule has 4 aromatic rings. The molecule has 0 aromatic heterocycles. The van der Waals surface area contributed by atoms with Gasteiger partial charge in [0, 0.05) is 92.4 Å². The highest BCUT2D eigenvalue weighted by molar-refractivity contribution is 5.69. The van der Waals surface area contributed by atoms with Gasteiger partial charge in [0.2, 0.25) is 27.2 Å². The van der Waals surface area contributed by atoms with E-state index < -0.39 is 0 Å². The van der Waals surface area contributed by atoms with Crippen molar-refractivity contribution >= 4 is 0 Å². The van der Waals surface area contributed by atoms with E-state index in [2.05, 4.69) is 65.8 Å². The Balaban J connectivity index is 1.46. The van der Waals surface area contributed by atoms with E-state index in [-0.39, 0.29) is 63.9 Å². The van der Waals surface area contributed by atoms with Crippen LogP contribution in [0.15, 0.2) is 24.3 Å². The molecule has 4 aliphatic heterocycles. The van der Waals surface area contributed by atoms with Crippen LogP contribution in [-0.4, -0.2) is 27.2 Å². The van der Waals surface area contributed by atoms with Crippen LogP contribution in [0.25, 0.3) is 0 Å². The lowest BCUT2D eigenvalue weighted by Gasteiger charge is -2.37. The van der Waals surface area contributed by atoms with Crippen molar-refractivity contribution in [2.75, 3.05) is 27.2 Å². The minimum atomic E-state index is -0.0921. The van der Waals surface area contributed by atoms with Gasteiger partial charge >= 0.3 is 0 Å². The maximum atomic E-state index is 6.89. The summed E-state index contributed by atoms with van der Waals surface area (Å²) in [7, 11) is 0. The summed E-state index contributed by atoms with van der Waals surface area (Å²) >= 11 is 0. The van der Waals surface area contributed by atoms with Crippen LogP contribution in [0.5, 0.6) is 46.0 Å². The van der Waals surface area contributed by atoms with Crippen molar-refractivity contribution in [1.29, 1.82) is 0 Å². The standard InChI is InChI=1S/C56H74N2O8/c1-7-11-15-19-35-39-23-41-36(20-16-12-8-2)43-25-45-38(22-18-14-10-4)46-26-44-37(21-17-13-9-3)42-24-40(35)50-34(6)52(42)62-31-64-54(44)48(28-58)56(46)66-32-65-55(45)47(27-57)53(43)63-30-61-51(41)33(5)49(39)59-29-60-50/h23-26,35-38H,7-22,27-32,57-58H2,1-6H3. The Morgan fingerprint density at radius 2 is 0.561 bits per heavy atom. The average molecular weight is 903 g/mol. The molecule has 0 fully saturated rings.